The first-order valence-electron chi connectivity index (χ1n) is 7.33. The molecule has 1 aliphatic rings. The maximum absolute atomic E-state index is 12.1. The van der Waals surface area contributed by atoms with Crippen LogP contribution in [0, 0.1) is 0 Å². The molecule has 1 aliphatic heterocycles. The maximum Gasteiger partial charge on any atom is 0.246 e. The number of fused-ring (bicyclic) bond motifs is 2. The molecule has 1 atom stereocenters. The first kappa shape index (κ1) is 14.9. The van der Waals surface area contributed by atoms with E-state index < -0.39 is 0 Å². The number of nitrogens with zero attached hydrogens (tertiary/aromatic N) is 1. The molecule has 5 heteroatoms. The second kappa shape index (κ2) is 5.78. The van der Waals surface area contributed by atoms with E-state index in [2.05, 4.69) is 42.3 Å². The van der Waals surface area contributed by atoms with Crippen LogP contribution in [-0.4, -0.2) is 17.4 Å². The fourth-order valence-corrected chi connectivity index (χ4v) is 5.59. The Hall–Kier alpha value is -1.62. The van der Waals surface area contributed by atoms with Crippen LogP contribution in [0.3, 0.4) is 0 Å². The summed E-state index contributed by atoms with van der Waals surface area (Å²) in [5, 5.41) is 3.48. The van der Waals surface area contributed by atoms with Crippen molar-refractivity contribution in [2.75, 3.05) is 6.54 Å². The van der Waals surface area contributed by atoms with Crippen molar-refractivity contribution in [3.8, 4) is 0 Å². The molecule has 0 bridgehead atoms. The van der Waals surface area contributed by atoms with Crippen LogP contribution >= 0.6 is 34.3 Å². The minimum absolute atomic E-state index is 0.0234. The van der Waals surface area contributed by atoms with E-state index in [0.29, 0.717) is 13.1 Å². The van der Waals surface area contributed by atoms with Gasteiger partial charge in [0.15, 0.2) is 0 Å². The normalized spacial score (nSPS) is 17.3. The average molecular weight is 360 g/mol. The van der Waals surface area contributed by atoms with Crippen LogP contribution in [0.1, 0.15) is 21.9 Å². The van der Waals surface area contributed by atoms with Crippen molar-refractivity contribution in [1.29, 1.82) is 0 Å². The lowest BCUT2D eigenvalue weighted by Gasteiger charge is -2.32. The van der Waals surface area contributed by atoms with E-state index in [0.717, 1.165) is 4.34 Å². The quantitative estimate of drug-likeness (QED) is 0.570. The van der Waals surface area contributed by atoms with E-state index in [1.54, 1.807) is 22.7 Å². The molecular formula is C18H14ClNOS2. The van der Waals surface area contributed by atoms with Crippen LogP contribution in [0.2, 0.25) is 4.34 Å². The molecular weight excluding hydrogens is 346 g/mol. The predicted octanol–water partition coefficient (Wildman–Crippen LogP) is 5.28. The molecule has 3 heterocycles. The van der Waals surface area contributed by atoms with E-state index in [4.69, 9.17) is 11.6 Å². The third kappa shape index (κ3) is 2.51. The minimum atomic E-state index is -0.0234. The van der Waals surface area contributed by atoms with Crippen molar-refractivity contribution in [1.82, 2.24) is 4.90 Å². The fraction of sp³-hybridized carbons (Fsp3) is 0.167. The van der Waals surface area contributed by atoms with Gasteiger partial charge in [0.2, 0.25) is 5.91 Å². The molecule has 116 valence electrons. The van der Waals surface area contributed by atoms with Crippen LogP contribution in [-0.2, 0) is 11.3 Å². The van der Waals surface area contributed by atoms with Crippen LogP contribution in [0.15, 0.2) is 48.4 Å². The van der Waals surface area contributed by atoms with Gasteiger partial charge >= 0.3 is 0 Å². The van der Waals surface area contributed by atoms with Crippen LogP contribution < -0.4 is 0 Å². The first-order valence-corrected chi connectivity index (χ1v) is 9.40. The van der Waals surface area contributed by atoms with E-state index in [-0.39, 0.29) is 11.8 Å². The molecule has 0 saturated heterocycles. The smallest absolute Gasteiger partial charge is 0.246 e. The molecule has 3 aromatic rings. The predicted molar refractivity (Wildman–Crippen MR) is 98.6 cm³/mol. The zero-order valence-corrected chi connectivity index (χ0v) is 14.7. The Kier molecular flexibility index (Phi) is 3.76. The largest absolute Gasteiger partial charge is 0.333 e. The van der Waals surface area contributed by atoms with Gasteiger partial charge in [0.1, 0.15) is 0 Å². The highest BCUT2D eigenvalue weighted by Crippen LogP contribution is 2.43. The topological polar surface area (TPSA) is 20.3 Å². The summed E-state index contributed by atoms with van der Waals surface area (Å²) in [6.07, 6.45) is 1.39. The van der Waals surface area contributed by atoms with Gasteiger partial charge in [-0.15, -0.1) is 22.7 Å². The fourth-order valence-electron chi connectivity index (χ4n) is 3.22. The summed E-state index contributed by atoms with van der Waals surface area (Å²) in [6.45, 7) is 4.92. The van der Waals surface area contributed by atoms with Crippen molar-refractivity contribution < 1.29 is 4.79 Å². The summed E-state index contributed by atoms with van der Waals surface area (Å²) in [5.41, 5.74) is 2.54. The second-order valence-corrected chi connectivity index (χ2v) is 8.27. The summed E-state index contributed by atoms with van der Waals surface area (Å²) >= 11 is 9.57. The Bertz CT molecular complexity index is 911. The van der Waals surface area contributed by atoms with Gasteiger partial charge in [0.25, 0.3) is 0 Å². The first-order chi connectivity index (χ1) is 11.2. The van der Waals surface area contributed by atoms with Crippen LogP contribution in [0.5, 0.6) is 0 Å². The van der Waals surface area contributed by atoms with E-state index in [9.17, 15) is 4.79 Å². The highest BCUT2D eigenvalue weighted by molar-refractivity contribution is 7.17. The molecule has 0 spiro atoms. The Balaban J connectivity index is 1.85. The van der Waals surface area contributed by atoms with Gasteiger partial charge in [-0.2, -0.15) is 0 Å². The standard InChI is InChI=1S/C18H14ClNOS2/c1-2-18(21)20-8-13(12-7-17(19)23-16(12)9-20)14-10-22-15-6-4-3-5-11(14)15/h2-7,10,13H,1,8-9H2/t13-/m0/s1. The molecule has 4 rings (SSSR count). The Morgan fingerprint density at radius 1 is 1.35 bits per heavy atom. The molecule has 0 unspecified atom stereocenters. The molecule has 0 N–H and O–H groups in total. The Morgan fingerprint density at radius 3 is 3.00 bits per heavy atom. The summed E-state index contributed by atoms with van der Waals surface area (Å²) in [6, 6.07) is 10.5. The second-order valence-electron chi connectivity index (χ2n) is 5.59. The van der Waals surface area contributed by atoms with E-state index >= 15 is 0 Å². The number of amides is 1. The van der Waals surface area contributed by atoms with Gasteiger partial charge in [0, 0.05) is 22.0 Å². The van der Waals surface area contributed by atoms with Gasteiger partial charge in [-0.25, -0.2) is 0 Å². The van der Waals surface area contributed by atoms with Crippen molar-refractivity contribution in [2.24, 2.45) is 0 Å². The molecule has 1 amide bonds. The lowest BCUT2D eigenvalue weighted by atomic mass is 9.88. The van der Waals surface area contributed by atoms with Gasteiger partial charge in [-0.05, 0) is 40.1 Å². The minimum Gasteiger partial charge on any atom is -0.333 e. The Labute approximate surface area is 147 Å². The number of hydrogen-bond acceptors (Lipinski definition) is 3. The van der Waals surface area contributed by atoms with Gasteiger partial charge in [-0.3, -0.25) is 4.79 Å². The zero-order valence-electron chi connectivity index (χ0n) is 12.3. The number of halogens is 1. The average Bonchev–Trinajstić information content (AvgIpc) is 3.15. The summed E-state index contributed by atoms with van der Waals surface area (Å²) in [5.74, 6) is 0.146. The third-order valence-electron chi connectivity index (χ3n) is 4.30. The number of thiophene rings is 2. The highest BCUT2D eigenvalue weighted by Gasteiger charge is 2.31. The number of hydrogen-bond donors (Lipinski definition) is 0. The molecule has 0 fully saturated rings. The monoisotopic (exact) mass is 359 g/mol. The molecule has 2 aromatic heterocycles. The molecule has 1 aromatic carbocycles. The molecule has 23 heavy (non-hydrogen) atoms. The highest BCUT2D eigenvalue weighted by atomic mass is 35.5. The van der Waals surface area contributed by atoms with Crippen molar-refractivity contribution in [3.63, 3.8) is 0 Å². The maximum atomic E-state index is 12.1. The van der Waals surface area contributed by atoms with Gasteiger partial charge < -0.3 is 4.90 Å². The zero-order chi connectivity index (χ0) is 16.0. The summed E-state index contributed by atoms with van der Waals surface area (Å²) in [4.78, 5) is 15.2. The van der Waals surface area contributed by atoms with E-state index in [1.165, 1.54) is 32.2 Å². The number of carbonyl (C=O) groups is 1. The molecule has 0 radical (unpaired) electrons. The number of rotatable bonds is 2. The van der Waals surface area contributed by atoms with Gasteiger partial charge in [0.05, 0.1) is 10.9 Å². The van der Waals surface area contributed by atoms with Crippen LogP contribution in [0.4, 0.5) is 0 Å². The molecule has 0 saturated carbocycles. The van der Waals surface area contributed by atoms with Crippen molar-refractivity contribution in [3.05, 3.63) is 68.7 Å². The third-order valence-corrected chi connectivity index (χ3v) is 6.54. The number of carbonyl (C=O) groups excluding carboxylic acids is 1. The lowest BCUT2D eigenvalue weighted by molar-refractivity contribution is -0.127. The summed E-state index contributed by atoms with van der Waals surface area (Å²) in [7, 11) is 0. The van der Waals surface area contributed by atoms with Crippen molar-refractivity contribution in [2.45, 2.75) is 12.5 Å². The Morgan fingerprint density at radius 2 is 2.17 bits per heavy atom. The summed E-state index contributed by atoms with van der Waals surface area (Å²) < 4.78 is 2.06. The lowest BCUT2D eigenvalue weighted by Crippen LogP contribution is -2.36. The van der Waals surface area contributed by atoms with E-state index in [1.807, 2.05) is 4.90 Å². The molecule has 0 aliphatic carbocycles. The van der Waals surface area contributed by atoms with Crippen molar-refractivity contribution >= 4 is 50.3 Å². The number of benzene rings is 1. The SMILES string of the molecule is C=CC(=O)N1Cc2sc(Cl)cc2[C@@H](c2csc3ccccc23)C1. The molecule has 2 nitrogen and oxygen atoms in total. The van der Waals surface area contributed by atoms with Crippen LogP contribution in [0.25, 0.3) is 10.1 Å². The van der Waals surface area contributed by atoms with Gasteiger partial charge in [-0.1, -0.05) is 36.4 Å².